The maximum absolute atomic E-state index is 11.2. The van der Waals surface area contributed by atoms with Gasteiger partial charge in [0.15, 0.2) is 18.5 Å². The van der Waals surface area contributed by atoms with Crippen LogP contribution in [0.1, 0.15) is 16.6 Å². The summed E-state index contributed by atoms with van der Waals surface area (Å²) in [6.45, 7) is -0.516. The van der Waals surface area contributed by atoms with E-state index in [0.29, 0.717) is 0 Å². The molecule has 5 N–H and O–H groups in total. The second kappa shape index (κ2) is 7.02. The lowest BCUT2D eigenvalue weighted by molar-refractivity contribution is -0.766. The third kappa shape index (κ3) is 4.33. The van der Waals surface area contributed by atoms with E-state index in [-0.39, 0.29) is 5.56 Å². The quantitative estimate of drug-likeness (QED) is 0.356. The van der Waals surface area contributed by atoms with Crippen molar-refractivity contribution in [2.75, 3.05) is 13.7 Å². The van der Waals surface area contributed by atoms with Crippen LogP contribution in [-0.4, -0.2) is 52.8 Å². The summed E-state index contributed by atoms with van der Waals surface area (Å²) in [6.07, 6.45) is -0.822. The fourth-order valence-electron chi connectivity index (χ4n) is 2.32. The maximum Gasteiger partial charge on any atom is 0.469 e. The number of aromatic nitrogens is 1. The van der Waals surface area contributed by atoms with E-state index >= 15 is 0 Å². The van der Waals surface area contributed by atoms with Crippen molar-refractivity contribution in [3.8, 4) is 0 Å². The number of ether oxygens (including phenoxy) is 2. The number of amides is 1. The van der Waals surface area contributed by atoms with E-state index in [0.717, 1.165) is 0 Å². The molecule has 1 aliphatic rings. The first-order valence-electron chi connectivity index (χ1n) is 6.60. The van der Waals surface area contributed by atoms with E-state index in [4.69, 9.17) is 25.0 Å². The highest BCUT2D eigenvalue weighted by molar-refractivity contribution is 7.46. The molecule has 2 rings (SSSR count). The predicted molar refractivity (Wildman–Crippen MR) is 73.9 cm³/mol. The van der Waals surface area contributed by atoms with Crippen LogP contribution in [0.2, 0.25) is 0 Å². The smallest absolute Gasteiger partial charge is 0.387 e. The van der Waals surface area contributed by atoms with Crippen LogP contribution < -0.4 is 10.3 Å². The normalized spacial score (nSPS) is 28.0. The standard InChI is InChI=1S/C12H17N2O8P/c1-20-10-9(15)8(6-21-23(17,18)19)22-12(10)14-4-2-3-7(5-14)11(13)16/h2-5,8-10,12,15H,6H2,1H3,(H3-,13,16,17,18,19)/p+1/t8-,9-,10-,12-/m1/s1. The van der Waals surface area contributed by atoms with Gasteiger partial charge < -0.3 is 30.1 Å². The summed E-state index contributed by atoms with van der Waals surface area (Å²) in [5.41, 5.74) is 5.45. The number of methoxy groups -OCH3 is 1. The Morgan fingerprint density at radius 1 is 1.52 bits per heavy atom. The molecule has 1 saturated heterocycles. The largest absolute Gasteiger partial charge is 0.469 e. The molecule has 1 aromatic rings. The minimum Gasteiger partial charge on any atom is -0.387 e. The Labute approximate surface area is 131 Å². The molecule has 1 aliphatic heterocycles. The molecule has 2 heterocycles. The van der Waals surface area contributed by atoms with Crippen molar-refractivity contribution in [2.45, 2.75) is 24.5 Å². The van der Waals surface area contributed by atoms with Crippen molar-refractivity contribution < 1.29 is 42.8 Å². The van der Waals surface area contributed by atoms with Crippen LogP contribution in [0.5, 0.6) is 0 Å². The molecule has 0 bridgehead atoms. The van der Waals surface area contributed by atoms with Crippen molar-refractivity contribution in [1.82, 2.24) is 0 Å². The lowest BCUT2D eigenvalue weighted by atomic mass is 10.1. The van der Waals surface area contributed by atoms with Crippen LogP contribution in [0.3, 0.4) is 0 Å². The molecule has 0 spiro atoms. The Morgan fingerprint density at radius 3 is 2.78 bits per heavy atom. The molecule has 4 atom stereocenters. The van der Waals surface area contributed by atoms with Gasteiger partial charge in [-0.15, -0.1) is 0 Å². The third-order valence-electron chi connectivity index (χ3n) is 3.39. The van der Waals surface area contributed by atoms with Crippen molar-refractivity contribution in [1.29, 1.82) is 0 Å². The molecule has 10 nitrogen and oxygen atoms in total. The Morgan fingerprint density at radius 2 is 2.22 bits per heavy atom. The first-order chi connectivity index (χ1) is 10.7. The lowest BCUT2D eigenvalue weighted by Crippen LogP contribution is -2.47. The van der Waals surface area contributed by atoms with Gasteiger partial charge in [0, 0.05) is 13.2 Å². The fourth-order valence-corrected chi connectivity index (χ4v) is 2.66. The van der Waals surface area contributed by atoms with Crippen LogP contribution >= 0.6 is 7.82 Å². The zero-order valence-corrected chi connectivity index (χ0v) is 13.1. The molecule has 0 radical (unpaired) electrons. The molecule has 0 aliphatic carbocycles. The van der Waals surface area contributed by atoms with E-state index in [1.54, 1.807) is 12.3 Å². The zero-order valence-electron chi connectivity index (χ0n) is 12.2. The second-order valence-corrected chi connectivity index (χ2v) is 6.19. The van der Waals surface area contributed by atoms with Gasteiger partial charge in [0.25, 0.3) is 12.1 Å². The Bertz CT molecular complexity index is 621. The number of carbonyl (C=O) groups excluding carboxylic acids is 1. The summed E-state index contributed by atoms with van der Waals surface area (Å²) in [4.78, 5) is 28.7. The molecule has 11 heteroatoms. The van der Waals surface area contributed by atoms with Gasteiger partial charge in [-0.05, 0) is 6.07 Å². The van der Waals surface area contributed by atoms with Crippen LogP contribution in [0.25, 0.3) is 0 Å². The van der Waals surface area contributed by atoms with Crippen LogP contribution in [-0.2, 0) is 18.6 Å². The molecular formula is C12H18N2O8P+. The first kappa shape index (κ1) is 18.0. The summed E-state index contributed by atoms with van der Waals surface area (Å²) in [5, 5.41) is 10.2. The number of nitrogens with zero attached hydrogens (tertiary/aromatic N) is 1. The van der Waals surface area contributed by atoms with Gasteiger partial charge in [0.1, 0.15) is 17.8 Å². The summed E-state index contributed by atoms with van der Waals surface area (Å²) in [7, 11) is -3.33. The highest BCUT2D eigenvalue weighted by Gasteiger charge is 2.50. The average Bonchev–Trinajstić information content (AvgIpc) is 2.80. The van der Waals surface area contributed by atoms with Gasteiger partial charge in [0.2, 0.25) is 0 Å². The highest BCUT2D eigenvalue weighted by Crippen LogP contribution is 2.38. The SMILES string of the molecule is CO[C@@H]1[C@H](O)[C@@H](COP(=O)(O)O)O[C@H]1[n+]1cccc(C(N)=O)c1. The molecule has 1 fully saturated rings. The van der Waals surface area contributed by atoms with Gasteiger partial charge in [-0.3, -0.25) is 9.32 Å². The van der Waals surface area contributed by atoms with Crippen LogP contribution in [0, 0.1) is 0 Å². The minimum atomic E-state index is -4.69. The molecule has 1 amide bonds. The number of pyridine rings is 1. The molecule has 0 unspecified atom stereocenters. The number of nitrogens with two attached hydrogens (primary N) is 1. The number of hydrogen-bond donors (Lipinski definition) is 4. The minimum absolute atomic E-state index is 0.232. The summed E-state index contributed by atoms with van der Waals surface area (Å²) < 4.78 is 27.4. The van der Waals surface area contributed by atoms with Gasteiger partial charge in [-0.2, -0.15) is 4.57 Å². The molecule has 1 aromatic heterocycles. The number of phosphoric acid groups is 1. The molecule has 128 valence electrons. The predicted octanol–water partition coefficient (Wildman–Crippen LogP) is -1.54. The monoisotopic (exact) mass is 349 g/mol. The number of rotatable bonds is 6. The average molecular weight is 349 g/mol. The van der Waals surface area contributed by atoms with E-state index in [1.807, 2.05) is 0 Å². The number of carbonyl (C=O) groups is 1. The lowest BCUT2D eigenvalue weighted by Gasteiger charge is -2.15. The third-order valence-corrected chi connectivity index (χ3v) is 3.88. The van der Waals surface area contributed by atoms with E-state index in [9.17, 15) is 14.5 Å². The molecule has 0 aromatic carbocycles. The zero-order chi connectivity index (χ0) is 17.2. The van der Waals surface area contributed by atoms with Gasteiger partial charge in [-0.25, -0.2) is 4.57 Å². The van der Waals surface area contributed by atoms with Gasteiger partial charge in [-0.1, -0.05) is 0 Å². The highest BCUT2D eigenvalue weighted by atomic mass is 31.2. The van der Waals surface area contributed by atoms with Crippen LogP contribution in [0.15, 0.2) is 24.5 Å². The number of primary amides is 1. The summed E-state index contributed by atoms with van der Waals surface area (Å²) >= 11 is 0. The molecule has 23 heavy (non-hydrogen) atoms. The number of phosphoric ester groups is 1. The van der Waals surface area contributed by atoms with E-state index < -0.39 is 44.9 Å². The Hall–Kier alpha value is -1.39. The van der Waals surface area contributed by atoms with Crippen LogP contribution in [0.4, 0.5) is 0 Å². The first-order valence-corrected chi connectivity index (χ1v) is 8.13. The fraction of sp³-hybridized carbons (Fsp3) is 0.500. The summed E-state index contributed by atoms with van der Waals surface area (Å²) in [6, 6.07) is 3.09. The molecule has 0 saturated carbocycles. The van der Waals surface area contributed by atoms with Crippen molar-refractivity contribution in [3.05, 3.63) is 30.1 Å². The molecular weight excluding hydrogens is 331 g/mol. The van der Waals surface area contributed by atoms with Crippen molar-refractivity contribution >= 4 is 13.7 Å². The number of hydrogen-bond acceptors (Lipinski definition) is 6. The van der Waals surface area contributed by atoms with Crippen molar-refractivity contribution in [2.24, 2.45) is 5.73 Å². The second-order valence-electron chi connectivity index (χ2n) is 4.95. The number of aliphatic hydroxyl groups excluding tert-OH is 1. The topological polar surface area (TPSA) is 152 Å². The Kier molecular flexibility index (Phi) is 5.48. The van der Waals surface area contributed by atoms with Gasteiger partial charge in [0.05, 0.1) is 6.61 Å². The van der Waals surface area contributed by atoms with E-state index in [1.165, 1.54) is 23.9 Å². The number of aliphatic hydroxyl groups is 1. The van der Waals surface area contributed by atoms with E-state index in [2.05, 4.69) is 4.52 Å². The van der Waals surface area contributed by atoms with Gasteiger partial charge >= 0.3 is 7.82 Å². The Balaban J connectivity index is 2.20. The summed E-state index contributed by atoms with van der Waals surface area (Å²) in [5.74, 6) is -0.631. The van der Waals surface area contributed by atoms with Crippen molar-refractivity contribution in [3.63, 3.8) is 0 Å². The maximum atomic E-state index is 11.2.